The molecule has 7 heteroatoms. The normalized spacial score (nSPS) is 11.2. The van der Waals surface area contributed by atoms with E-state index in [9.17, 15) is 8.78 Å². The van der Waals surface area contributed by atoms with Gasteiger partial charge in [-0.3, -0.25) is 0 Å². The zero-order valence-electron chi connectivity index (χ0n) is 11.1. The zero-order valence-corrected chi connectivity index (χ0v) is 11.1. The van der Waals surface area contributed by atoms with Crippen molar-refractivity contribution in [3.63, 3.8) is 0 Å². The first kappa shape index (κ1) is 13.4. The summed E-state index contributed by atoms with van der Waals surface area (Å²) in [6.45, 7) is 0.661. The van der Waals surface area contributed by atoms with E-state index in [1.165, 1.54) is 5.56 Å². The van der Waals surface area contributed by atoms with Crippen LogP contribution in [0.2, 0.25) is 0 Å². The lowest BCUT2D eigenvalue weighted by molar-refractivity contribution is 0.137. The van der Waals surface area contributed by atoms with Gasteiger partial charge in [0, 0.05) is 6.54 Å². The SMILES string of the molecule is FC(F)c1nnc2ccc(NCCc3ccccc3)nn12. The number of anilines is 1. The molecule has 3 rings (SSSR count). The number of benzene rings is 1. The molecule has 1 aromatic carbocycles. The number of nitrogens with one attached hydrogen (secondary N) is 1. The van der Waals surface area contributed by atoms with Crippen molar-refractivity contribution in [2.75, 3.05) is 11.9 Å². The Hall–Kier alpha value is -2.57. The summed E-state index contributed by atoms with van der Waals surface area (Å²) in [7, 11) is 0. The summed E-state index contributed by atoms with van der Waals surface area (Å²) >= 11 is 0. The molecule has 0 aliphatic heterocycles. The predicted octanol–water partition coefficient (Wildman–Crippen LogP) is 2.72. The second kappa shape index (κ2) is 5.82. The number of alkyl halides is 2. The summed E-state index contributed by atoms with van der Waals surface area (Å²) in [5.74, 6) is 0.0665. The molecule has 0 radical (unpaired) electrons. The molecule has 5 nitrogen and oxygen atoms in total. The molecule has 0 amide bonds. The fourth-order valence-corrected chi connectivity index (χ4v) is 2.02. The highest BCUT2D eigenvalue weighted by molar-refractivity contribution is 5.44. The molecule has 0 saturated heterocycles. The van der Waals surface area contributed by atoms with E-state index in [4.69, 9.17) is 0 Å². The lowest BCUT2D eigenvalue weighted by Gasteiger charge is -2.06. The number of fused-ring (bicyclic) bond motifs is 1. The Morgan fingerprint density at radius 1 is 1.05 bits per heavy atom. The molecule has 0 saturated carbocycles. The highest BCUT2D eigenvalue weighted by Crippen LogP contribution is 2.17. The van der Waals surface area contributed by atoms with Gasteiger partial charge < -0.3 is 5.32 Å². The average Bonchev–Trinajstić information content (AvgIpc) is 2.92. The van der Waals surface area contributed by atoms with Gasteiger partial charge in [-0.15, -0.1) is 15.3 Å². The number of hydrogen-bond donors (Lipinski definition) is 1. The molecule has 2 heterocycles. The van der Waals surface area contributed by atoms with Crippen molar-refractivity contribution in [3.8, 4) is 0 Å². The standard InChI is InChI=1S/C14H13F2N5/c15-13(16)14-19-18-12-7-6-11(20-21(12)14)17-9-8-10-4-2-1-3-5-10/h1-7,13H,8-9H2,(H,17,20). The maximum absolute atomic E-state index is 12.8. The molecule has 21 heavy (non-hydrogen) atoms. The van der Waals surface area contributed by atoms with Crippen LogP contribution in [0, 0.1) is 0 Å². The summed E-state index contributed by atoms with van der Waals surface area (Å²) in [5, 5.41) is 14.3. The Kier molecular flexibility index (Phi) is 3.72. The molecule has 0 spiro atoms. The summed E-state index contributed by atoms with van der Waals surface area (Å²) in [6, 6.07) is 13.3. The minimum Gasteiger partial charge on any atom is -0.368 e. The minimum atomic E-state index is -2.70. The monoisotopic (exact) mass is 289 g/mol. The lowest BCUT2D eigenvalue weighted by Crippen LogP contribution is -2.09. The average molecular weight is 289 g/mol. The molecule has 0 atom stereocenters. The van der Waals surface area contributed by atoms with E-state index in [-0.39, 0.29) is 0 Å². The van der Waals surface area contributed by atoms with Crippen LogP contribution in [-0.2, 0) is 6.42 Å². The van der Waals surface area contributed by atoms with Crippen LogP contribution in [0.1, 0.15) is 17.8 Å². The molecule has 0 aliphatic rings. The highest BCUT2D eigenvalue weighted by atomic mass is 19.3. The maximum atomic E-state index is 12.8. The molecule has 0 bridgehead atoms. The van der Waals surface area contributed by atoms with Gasteiger partial charge in [-0.2, -0.15) is 4.52 Å². The number of halogens is 2. The largest absolute Gasteiger partial charge is 0.368 e. The van der Waals surface area contributed by atoms with Gasteiger partial charge in [0.25, 0.3) is 6.43 Å². The molecule has 2 aromatic heterocycles. The van der Waals surface area contributed by atoms with Gasteiger partial charge in [-0.1, -0.05) is 30.3 Å². The van der Waals surface area contributed by atoms with E-state index >= 15 is 0 Å². The van der Waals surface area contributed by atoms with Crippen LogP contribution >= 0.6 is 0 Å². The fraction of sp³-hybridized carbons (Fsp3) is 0.214. The number of hydrogen-bond acceptors (Lipinski definition) is 4. The molecule has 3 aromatic rings. The number of rotatable bonds is 5. The van der Waals surface area contributed by atoms with E-state index in [2.05, 4.69) is 20.6 Å². The van der Waals surface area contributed by atoms with Gasteiger partial charge in [0.05, 0.1) is 0 Å². The van der Waals surface area contributed by atoms with E-state index in [1.807, 2.05) is 30.3 Å². The third-order valence-electron chi connectivity index (χ3n) is 3.04. The van der Waals surface area contributed by atoms with Crippen LogP contribution in [0.5, 0.6) is 0 Å². The van der Waals surface area contributed by atoms with Gasteiger partial charge in [0.15, 0.2) is 5.65 Å². The van der Waals surface area contributed by atoms with Crippen molar-refractivity contribution >= 4 is 11.5 Å². The van der Waals surface area contributed by atoms with Crippen molar-refractivity contribution in [2.24, 2.45) is 0 Å². The van der Waals surface area contributed by atoms with Gasteiger partial charge in [0.1, 0.15) is 5.82 Å². The van der Waals surface area contributed by atoms with Crippen molar-refractivity contribution < 1.29 is 8.78 Å². The van der Waals surface area contributed by atoms with Gasteiger partial charge in [-0.05, 0) is 24.1 Å². The summed E-state index contributed by atoms with van der Waals surface area (Å²) in [4.78, 5) is 0. The first-order chi connectivity index (χ1) is 10.2. The van der Waals surface area contributed by atoms with Crippen LogP contribution in [-0.4, -0.2) is 26.4 Å². The Labute approximate surface area is 119 Å². The van der Waals surface area contributed by atoms with E-state index < -0.39 is 12.2 Å². The summed E-state index contributed by atoms with van der Waals surface area (Å²) in [5.41, 5.74) is 1.50. The summed E-state index contributed by atoms with van der Waals surface area (Å²) in [6.07, 6.45) is -1.88. The smallest absolute Gasteiger partial charge is 0.299 e. The van der Waals surface area contributed by atoms with E-state index in [0.717, 1.165) is 10.9 Å². The van der Waals surface area contributed by atoms with Gasteiger partial charge >= 0.3 is 0 Å². The van der Waals surface area contributed by atoms with Crippen LogP contribution in [0.3, 0.4) is 0 Å². The topological polar surface area (TPSA) is 55.1 Å². The van der Waals surface area contributed by atoms with Crippen molar-refractivity contribution in [1.82, 2.24) is 19.8 Å². The van der Waals surface area contributed by atoms with Crippen LogP contribution in [0.4, 0.5) is 14.6 Å². The third-order valence-corrected chi connectivity index (χ3v) is 3.04. The summed E-state index contributed by atoms with van der Waals surface area (Å²) < 4.78 is 26.6. The van der Waals surface area contributed by atoms with Crippen molar-refractivity contribution in [2.45, 2.75) is 12.8 Å². The molecule has 0 unspecified atom stereocenters. The predicted molar refractivity (Wildman–Crippen MR) is 74.4 cm³/mol. The lowest BCUT2D eigenvalue weighted by atomic mass is 10.1. The van der Waals surface area contributed by atoms with Crippen LogP contribution < -0.4 is 5.32 Å². The fourth-order valence-electron chi connectivity index (χ4n) is 2.02. The van der Waals surface area contributed by atoms with Crippen LogP contribution in [0.25, 0.3) is 5.65 Å². The minimum absolute atomic E-state index is 0.305. The molecule has 108 valence electrons. The van der Waals surface area contributed by atoms with Gasteiger partial charge in [-0.25, -0.2) is 8.78 Å². The first-order valence-electron chi connectivity index (χ1n) is 6.52. The Morgan fingerprint density at radius 3 is 2.62 bits per heavy atom. The molecular weight excluding hydrogens is 276 g/mol. The van der Waals surface area contributed by atoms with Crippen molar-refractivity contribution in [3.05, 3.63) is 53.9 Å². The quantitative estimate of drug-likeness (QED) is 0.784. The van der Waals surface area contributed by atoms with Gasteiger partial charge in [0.2, 0.25) is 5.82 Å². The molecule has 0 aliphatic carbocycles. The highest BCUT2D eigenvalue weighted by Gasteiger charge is 2.16. The van der Waals surface area contributed by atoms with Crippen LogP contribution in [0.15, 0.2) is 42.5 Å². The Balaban J connectivity index is 1.71. The van der Waals surface area contributed by atoms with E-state index in [1.54, 1.807) is 12.1 Å². The maximum Gasteiger partial charge on any atom is 0.299 e. The van der Waals surface area contributed by atoms with E-state index in [0.29, 0.717) is 18.0 Å². The molecule has 0 fully saturated rings. The second-order valence-electron chi connectivity index (χ2n) is 4.51. The number of nitrogens with zero attached hydrogens (tertiary/aromatic N) is 4. The van der Waals surface area contributed by atoms with Crippen molar-refractivity contribution in [1.29, 1.82) is 0 Å². The Bertz CT molecular complexity index is 727. The Morgan fingerprint density at radius 2 is 1.86 bits per heavy atom. The molecule has 1 N–H and O–H groups in total. The zero-order chi connectivity index (χ0) is 14.7. The first-order valence-corrected chi connectivity index (χ1v) is 6.52. The number of aromatic nitrogens is 4. The molecular formula is C14H13F2N5. The third kappa shape index (κ3) is 2.96. The second-order valence-corrected chi connectivity index (χ2v) is 4.51.